The van der Waals surface area contributed by atoms with Crippen molar-refractivity contribution in [3.8, 4) is 39.9 Å². The Labute approximate surface area is 255 Å². The average Bonchev–Trinajstić information content (AvgIpc) is 2.84. The van der Waals surface area contributed by atoms with Crippen LogP contribution in [0.25, 0.3) is 33.0 Å². The average molecular weight is 606 g/mol. The molecule has 0 bridgehead atoms. The number of fused-ring (bicyclic) bond motifs is 1. The van der Waals surface area contributed by atoms with Gasteiger partial charge in [-0.3, -0.25) is 4.72 Å². The summed E-state index contributed by atoms with van der Waals surface area (Å²) in [4.78, 5) is 9.24. The Morgan fingerprint density at radius 1 is 0.744 bits per heavy atom. The molecule has 8 nitrogen and oxygen atoms in total. The first kappa shape index (κ1) is 32.1. The summed E-state index contributed by atoms with van der Waals surface area (Å²) in [6.45, 7) is 18.3. The maximum absolute atomic E-state index is 11.7. The molecule has 4 rings (SSSR count). The Balaban J connectivity index is 1.94. The van der Waals surface area contributed by atoms with Crippen LogP contribution in [0.1, 0.15) is 67.9 Å². The fourth-order valence-electron chi connectivity index (χ4n) is 4.71. The van der Waals surface area contributed by atoms with Gasteiger partial charge in [0.05, 0.1) is 18.9 Å². The first-order valence-electron chi connectivity index (χ1n) is 14.2. The molecule has 0 spiro atoms. The largest absolute Gasteiger partial charge is 0.496 e. The fourth-order valence-corrected chi connectivity index (χ4v) is 5.26. The molecule has 0 saturated heterocycles. The number of sulfonamides is 1. The van der Waals surface area contributed by atoms with Crippen molar-refractivity contribution in [1.82, 2.24) is 9.97 Å². The standard InChI is InChI=1S/C34H43N3O5S/c1-32(2,3)28-19-24(27-20-35-31(42-34(7,8)9)36-30(27)41-33(4,5)6)18-26(29(28)40-10)23-13-12-22-17-25(37-43(11,38)39)15-14-21(22)16-23/h12-20,37H,1-11H3. The summed E-state index contributed by atoms with van der Waals surface area (Å²) in [5, 5.41) is 1.87. The van der Waals surface area contributed by atoms with Crippen molar-refractivity contribution in [1.29, 1.82) is 0 Å². The Morgan fingerprint density at radius 2 is 1.37 bits per heavy atom. The summed E-state index contributed by atoms with van der Waals surface area (Å²) in [7, 11) is -1.69. The van der Waals surface area contributed by atoms with Crippen LogP contribution in [0.3, 0.4) is 0 Å². The van der Waals surface area contributed by atoms with E-state index in [-0.39, 0.29) is 11.4 Å². The van der Waals surface area contributed by atoms with Crippen LogP contribution in [0.4, 0.5) is 5.69 Å². The fraction of sp³-hybridized carbons (Fsp3) is 0.412. The molecule has 3 aromatic carbocycles. The van der Waals surface area contributed by atoms with E-state index in [1.807, 2.05) is 65.8 Å². The van der Waals surface area contributed by atoms with E-state index in [1.54, 1.807) is 19.4 Å². The van der Waals surface area contributed by atoms with E-state index >= 15 is 0 Å². The van der Waals surface area contributed by atoms with Crippen molar-refractivity contribution in [2.24, 2.45) is 0 Å². The lowest BCUT2D eigenvalue weighted by Crippen LogP contribution is -2.26. The van der Waals surface area contributed by atoms with Crippen molar-refractivity contribution in [3.05, 3.63) is 60.3 Å². The van der Waals surface area contributed by atoms with Crippen LogP contribution in [0.5, 0.6) is 17.6 Å². The van der Waals surface area contributed by atoms with Crippen molar-refractivity contribution in [2.45, 2.75) is 78.9 Å². The summed E-state index contributed by atoms with van der Waals surface area (Å²) in [5.41, 5.74) is 3.79. The summed E-state index contributed by atoms with van der Waals surface area (Å²) in [5.74, 6) is 1.21. The lowest BCUT2D eigenvalue weighted by atomic mass is 9.82. The van der Waals surface area contributed by atoms with Gasteiger partial charge in [-0.1, -0.05) is 39.0 Å². The first-order chi connectivity index (χ1) is 19.7. The van der Waals surface area contributed by atoms with Crippen molar-refractivity contribution < 1.29 is 22.6 Å². The van der Waals surface area contributed by atoms with Gasteiger partial charge in [-0.15, -0.1) is 0 Å². The van der Waals surface area contributed by atoms with E-state index in [9.17, 15) is 8.42 Å². The second-order valence-corrected chi connectivity index (χ2v) is 15.6. The third kappa shape index (κ3) is 8.16. The molecule has 0 aliphatic carbocycles. The molecule has 1 heterocycles. The Morgan fingerprint density at radius 3 is 1.95 bits per heavy atom. The predicted molar refractivity (Wildman–Crippen MR) is 175 cm³/mol. The lowest BCUT2D eigenvalue weighted by Gasteiger charge is -2.27. The quantitative estimate of drug-likeness (QED) is 0.228. The van der Waals surface area contributed by atoms with Crippen LogP contribution in [0.2, 0.25) is 0 Å². The van der Waals surface area contributed by atoms with Crippen molar-refractivity contribution in [2.75, 3.05) is 18.1 Å². The molecule has 0 fully saturated rings. The maximum atomic E-state index is 11.7. The van der Waals surface area contributed by atoms with Gasteiger partial charge in [0.15, 0.2) is 0 Å². The number of methoxy groups -OCH3 is 1. The highest BCUT2D eigenvalue weighted by Crippen LogP contribution is 2.45. The third-order valence-electron chi connectivity index (χ3n) is 6.40. The SMILES string of the molecule is COc1c(-c2ccc3cc(NS(C)(=O)=O)ccc3c2)cc(-c2cnc(OC(C)(C)C)nc2OC(C)(C)C)cc1C(C)(C)C. The number of nitrogens with zero attached hydrogens (tertiary/aromatic N) is 2. The predicted octanol–water partition coefficient (Wildman–Crippen LogP) is 8.00. The van der Waals surface area contributed by atoms with Gasteiger partial charge in [-0.2, -0.15) is 4.98 Å². The summed E-state index contributed by atoms with van der Waals surface area (Å²) < 4.78 is 44.4. The normalized spacial score (nSPS) is 12.7. The van der Waals surface area contributed by atoms with Crippen LogP contribution in [-0.2, 0) is 15.4 Å². The molecule has 0 aliphatic rings. The lowest BCUT2D eigenvalue weighted by molar-refractivity contribution is 0.103. The Kier molecular flexibility index (Phi) is 8.46. The van der Waals surface area contributed by atoms with Gasteiger partial charge in [-0.05, 0) is 99.2 Å². The van der Waals surface area contributed by atoms with E-state index in [1.165, 1.54) is 0 Å². The molecule has 43 heavy (non-hydrogen) atoms. The minimum Gasteiger partial charge on any atom is -0.496 e. The van der Waals surface area contributed by atoms with Crippen LogP contribution in [0, 0.1) is 0 Å². The van der Waals surface area contributed by atoms with E-state index in [4.69, 9.17) is 19.2 Å². The molecule has 0 unspecified atom stereocenters. The molecule has 9 heteroatoms. The smallest absolute Gasteiger partial charge is 0.320 e. The number of anilines is 1. The highest BCUT2D eigenvalue weighted by Gasteiger charge is 2.27. The summed E-state index contributed by atoms with van der Waals surface area (Å²) in [6, 6.07) is 16.0. The number of ether oxygens (including phenoxy) is 3. The van der Waals surface area contributed by atoms with Crippen LogP contribution in [-0.4, -0.2) is 43.0 Å². The molecule has 1 aromatic heterocycles. The minimum absolute atomic E-state index is 0.250. The molecule has 4 aromatic rings. The highest BCUT2D eigenvalue weighted by atomic mass is 32.2. The number of hydrogen-bond acceptors (Lipinski definition) is 7. The third-order valence-corrected chi connectivity index (χ3v) is 7.01. The minimum atomic E-state index is -3.38. The van der Waals surface area contributed by atoms with E-state index in [0.29, 0.717) is 11.6 Å². The van der Waals surface area contributed by atoms with Crippen LogP contribution in [0.15, 0.2) is 54.7 Å². The van der Waals surface area contributed by atoms with Gasteiger partial charge in [0.25, 0.3) is 0 Å². The van der Waals surface area contributed by atoms with E-state index in [0.717, 1.165) is 50.6 Å². The zero-order valence-corrected chi connectivity index (χ0v) is 27.9. The maximum Gasteiger partial charge on any atom is 0.320 e. The summed E-state index contributed by atoms with van der Waals surface area (Å²) >= 11 is 0. The zero-order valence-electron chi connectivity index (χ0n) is 27.0. The first-order valence-corrected chi connectivity index (χ1v) is 16.1. The summed E-state index contributed by atoms with van der Waals surface area (Å²) in [6.07, 6.45) is 2.89. The number of hydrogen-bond donors (Lipinski definition) is 1. The molecular formula is C34H43N3O5S. The molecular weight excluding hydrogens is 562 g/mol. The van der Waals surface area contributed by atoms with Gasteiger partial charge in [0.2, 0.25) is 15.9 Å². The topological polar surface area (TPSA) is 99.6 Å². The van der Waals surface area contributed by atoms with Gasteiger partial charge in [-0.25, -0.2) is 13.4 Å². The molecule has 230 valence electrons. The molecule has 0 radical (unpaired) electrons. The molecule has 0 aliphatic heterocycles. The van der Waals surface area contributed by atoms with Crippen LogP contribution >= 0.6 is 0 Å². The van der Waals surface area contributed by atoms with Gasteiger partial charge < -0.3 is 14.2 Å². The second kappa shape index (κ2) is 11.3. The van der Waals surface area contributed by atoms with Gasteiger partial charge in [0.1, 0.15) is 17.0 Å². The molecule has 0 amide bonds. The van der Waals surface area contributed by atoms with Crippen LogP contribution < -0.4 is 18.9 Å². The van der Waals surface area contributed by atoms with E-state index < -0.39 is 21.2 Å². The number of nitrogens with one attached hydrogen (secondary N) is 1. The number of rotatable bonds is 7. The van der Waals surface area contributed by atoms with Gasteiger partial charge >= 0.3 is 6.01 Å². The highest BCUT2D eigenvalue weighted by molar-refractivity contribution is 7.92. The Bertz CT molecular complexity index is 1760. The van der Waals surface area contributed by atoms with E-state index in [2.05, 4.69) is 48.7 Å². The molecule has 1 N–H and O–H groups in total. The number of benzene rings is 3. The monoisotopic (exact) mass is 605 g/mol. The van der Waals surface area contributed by atoms with Crippen molar-refractivity contribution >= 4 is 26.5 Å². The van der Waals surface area contributed by atoms with Crippen molar-refractivity contribution in [3.63, 3.8) is 0 Å². The molecule has 0 saturated carbocycles. The second-order valence-electron chi connectivity index (χ2n) is 13.8. The number of aromatic nitrogens is 2. The molecule has 0 atom stereocenters. The van der Waals surface area contributed by atoms with Gasteiger partial charge in [0, 0.05) is 23.0 Å². The Hall–Kier alpha value is -3.85. The zero-order chi connectivity index (χ0) is 32.0.